The van der Waals surface area contributed by atoms with Gasteiger partial charge in [-0.1, -0.05) is 30.3 Å². The number of hydrogen-bond donors (Lipinski definition) is 2. The van der Waals surface area contributed by atoms with Crippen molar-refractivity contribution in [3.05, 3.63) is 90.0 Å². The van der Waals surface area contributed by atoms with Crippen LogP contribution < -0.4 is 10.6 Å². The Balaban J connectivity index is 1.44. The Morgan fingerprint density at radius 1 is 0.906 bits per heavy atom. The highest BCUT2D eigenvalue weighted by Crippen LogP contribution is 2.34. The molecule has 2 N–H and O–H groups in total. The van der Waals surface area contributed by atoms with E-state index in [0.29, 0.717) is 16.4 Å². The van der Waals surface area contributed by atoms with E-state index in [1.54, 1.807) is 48.4 Å². The van der Waals surface area contributed by atoms with E-state index in [9.17, 15) is 4.79 Å². The van der Waals surface area contributed by atoms with Gasteiger partial charge in [0.1, 0.15) is 10.9 Å². The number of amides is 2. The van der Waals surface area contributed by atoms with Crippen molar-refractivity contribution >= 4 is 40.8 Å². The van der Waals surface area contributed by atoms with Gasteiger partial charge in [0.25, 0.3) is 0 Å². The molecule has 2 amide bonds. The Bertz CT molecular complexity index is 1220. The number of urea groups is 1. The second-order valence-corrected chi connectivity index (χ2v) is 8.28. The van der Waals surface area contributed by atoms with Crippen LogP contribution in [0.5, 0.6) is 0 Å². The first kappa shape index (κ1) is 21.8. The van der Waals surface area contributed by atoms with Crippen LogP contribution in [-0.2, 0) is 6.42 Å². The fourth-order valence-electron chi connectivity index (χ4n) is 2.93. The number of halogens is 1. The summed E-state index contributed by atoms with van der Waals surface area (Å²) >= 11 is 7.41. The molecular weight excluding hydrogens is 442 g/mol. The molecule has 0 atom stereocenters. The number of hydrogen-bond acceptors (Lipinski definition) is 5. The van der Waals surface area contributed by atoms with Crippen LogP contribution in [-0.4, -0.2) is 21.0 Å². The molecule has 4 aromatic rings. The van der Waals surface area contributed by atoms with Crippen molar-refractivity contribution in [3.8, 4) is 11.3 Å². The summed E-state index contributed by atoms with van der Waals surface area (Å²) in [6.45, 7) is 2.03. The lowest BCUT2D eigenvalue weighted by Crippen LogP contribution is -2.19. The third-order valence-corrected chi connectivity index (χ3v) is 5.78. The second-order valence-electron chi connectivity index (χ2n) is 6.78. The molecule has 6 nitrogen and oxygen atoms in total. The minimum Gasteiger partial charge on any atom is -0.308 e. The van der Waals surface area contributed by atoms with Gasteiger partial charge in [0.15, 0.2) is 0 Å². The maximum absolute atomic E-state index is 12.2. The largest absolute Gasteiger partial charge is 0.323 e. The van der Waals surface area contributed by atoms with Gasteiger partial charge >= 0.3 is 6.03 Å². The first-order valence-electron chi connectivity index (χ1n) is 9.99. The number of anilines is 2. The third-order valence-electron chi connectivity index (χ3n) is 4.50. The zero-order valence-electron chi connectivity index (χ0n) is 17.2. The predicted octanol–water partition coefficient (Wildman–Crippen LogP) is 6.55. The van der Waals surface area contributed by atoms with Gasteiger partial charge in [-0.15, -0.1) is 0 Å². The number of pyridine rings is 1. The number of aromatic nitrogens is 3. The van der Waals surface area contributed by atoms with Gasteiger partial charge in [0, 0.05) is 45.7 Å². The third kappa shape index (κ3) is 5.63. The first-order valence-corrected chi connectivity index (χ1v) is 11.2. The Morgan fingerprint density at radius 2 is 1.59 bits per heavy atom. The number of rotatable bonds is 6. The molecular formula is C24H20ClN5OS. The van der Waals surface area contributed by atoms with Gasteiger partial charge in [0.05, 0.1) is 5.69 Å². The van der Waals surface area contributed by atoms with Crippen LogP contribution in [0.1, 0.15) is 12.7 Å². The summed E-state index contributed by atoms with van der Waals surface area (Å²) in [6.07, 6.45) is 4.32. The molecule has 2 aromatic heterocycles. The average molecular weight is 462 g/mol. The van der Waals surface area contributed by atoms with E-state index in [2.05, 4.69) is 25.6 Å². The summed E-state index contributed by atoms with van der Waals surface area (Å²) in [7, 11) is 0. The smallest absolute Gasteiger partial charge is 0.308 e. The molecule has 0 radical (unpaired) electrons. The van der Waals surface area contributed by atoms with Gasteiger partial charge in [-0.05, 0) is 66.7 Å². The average Bonchev–Trinajstić information content (AvgIpc) is 2.82. The molecule has 4 rings (SSSR count). The van der Waals surface area contributed by atoms with Gasteiger partial charge in [-0.3, -0.25) is 0 Å². The molecule has 2 aromatic carbocycles. The lowest BCUT2D eigenvalue weighted by Gasteiger charge is -2.10. The molecule has 0 spiro atoms. The van der Waals surface area contributed by atoms with E-state index in [1.807, 2.05) is 49.4 Å². The SMILES string of the molecule is CCc1nccc(-c2cccnc2Sc2ccc(NC(=O)Nc3ccc(Cl)cc3)cc2)n1. The maximum Gasteiger partial charge on any atom is 0.323 e. The summed E-state index contributed by atoms with van der Waals surface area (Å²) < 4.78 is 0. The van der Waals surface area contributed by atoms with Crippen LogP contribution >= 0.6 is 23.4 Å². The molecule has 0 saturated carbocycles. The van der Waals surface area contributed by atoms with Crippen LogP contribution in [0.4, 0.5) is 16.2 Å². The molecule has 2 heterocycles. The maximum atomic E-state index is 12.2. The second kappa shape index (κ2) is 10.3. The molecule has 0 bridgehead atoms. The van der Waals surface area contributed by atoms with Crippen molar-refractivity contribution in [1.29, 1.82) is 0 Å². The zero-order chi connectivity index (χ0) is 22.3. The number of carbonyl (C=O) groups excluding carboxylic acids is 1. The summed E-state index contributed by atoms with van der Waals surface area (Å²) in [6, 6.07) is 20.0. The molecule has 32 heavy (non-hydrogen) atoms. The van der Waals surface area contributed by atoms with E-state index in [0.717, 1.165) is 33.4 Å². The Hall–Kier alpha value is -3.42. The topological polar surface area (TPSA) is 79.8 Å². The summed E-state index contributed by atoms with van der Waals surface area (Å²) in [5, 5.41) is 7.06. The Morgan fingerprint density at radius 3 is 2.28 bits per heavy atom. The van der Waals surface area contributed by atoms with Gasteiger partial charge in [-0.2, -0.15) is 0 Å². The normalized spacial score (nSPS) is 10.6. The summed E-state index contributed by atoms with van der Waals surface area (Å²) in [4.78, 5) is 26.7. The van der Waals surface area contributed by atoms with Gasteiger partial charge < -0.3 is 10.6 Å². The summed E-state index contributed by atoms with van der Waals surface area (Å²) in [5.74, 6) is 0.801. The van der Waals surface area contributed by atoms with Crippen LogP contribution in [0, 0.1) is 0 Å². The molecule has 0 aliphatic rings. The van der Waals surface area contributed by atoms with E-state index < -0.39 is 0 Å². The molecule has 0 fully saturated rings. The van der Waals surface area contributed by atoms with Gasteiger partial charge in [0.2, 0.25) is 0 Å². The monoisotopic (exact) mass is 461 g/mol. The molecule has 0 aliphatic carbocycles. The number of nitrogens with zero attached hydrogens (tertiary/aromatic N) is 3. The number of nitrogens with one attached hydrogen (secondary N) is 2. The molecule has 8 heteroatoms. The molecule has 0 aliphatic heterocycles. The highest BCUT2D eigenvalue weighted by Gasteiger charge is 2.10. The predicted molar refractivity (Wildman–Crippen MR) is 129 cm³/mol. The van der Waals surface area contributed by atoms with Crippen molar-refractivity contribution < 1.29 is 4.79 Å². The van der Waals surface area contributed by atoms with Crippen molar-refractivity contribution in [3.63, 3.8) is 0 Å². The highest BCUT2D eigenvalue weighted by atomic mass is 35.5. The van der Waals surface area contributed by atoms with E-state index in [-0.39, 0.29) is 6.03 Å². The number of aryl methyl sites for hydroxylation is 1. The van der Waals surface area contributed by atoms with Crippen LogP contribution in [0.25, 0.3) is 11.3 Å². The van der Waals surface area contributed by atoms with Crippen LogP contribution in [0.3, 0.4) is 0 Å². The van der Waals surface area contributed by atoms with Crippen LogP contribution in [0.15, 0.2) is 89.0 Å². The Labute approximate surface area is 195 Å². The minimum absolute atomic E-state index is 0.324. The van der Waals surface area contributed by atoms with E-state index in [1.165, 1.54) is 0 Å². The van der Waals surface area contributed by atoms with E-state index >= 15 is 0 Å². The Kier molecular flexibility index (Phi) is 6.99. The van der Waals surface area contributed by atoms with Crippen molar-refractivity contribution in [2.24, 2.45) is 0 Å². The zero-order valence-corrected chi connectivity index (χ0v) is 18.8. The quantitative estimate of drug-likeness (QED) is 0.340. The fourth-order valence-corrected chi connectivity index (χ4v) is 3.95. The van der Waals surface area contributed by atoms with Crippen LogP contribution in [0.2, 0.25) is 5.02 Å². The lowest BCUT2D eigenvalue weighted by atomic mass is 10.2. The highest BCUT2D eigenvalue weighted by molar-refractivity contribution is 7.99. The lowest BCUT2D eigenvalue weighted by molar-refractivity contribution is 0.262. The van der Waals surface area contributed by atoms with Crippen molar-refractivity contribution in [1.82, 2.24) is 15.0 Å². The number of carbonyl (C=O) groups is 1. The number of benzene rings is 2. The molecule has 0 saturated heterocycles. The van der Waals surface area contributed by atoms with E-state index in [4.69, 9.17) is 11.6 Å². The summed E-state index contributed by atoms with van der Waals surface area (Å²) in [5.41, 5.74) is 3.16. The fraction of sp³-hybridized carbons (Fsp3) is 0.0833. The van der Waals surface area contributed by atoms with Crippen molar-refractivity contribution in [2.75, 3.05) is 10.6 Å². The molecule has 0 unspecified atom stereocenters. The first-order chi connectivity index (χ1) is 15.6. The minimum atomic E-state index is -0.324. The molecule has 160 valence electrons. The van der Waals surface area contributed by atoms with Crippen molar-refractivity contribution in [2.45, 2.75) is 23.3 Å². The van der Waals surface area contributed by atoms with Gasteiger partial charge in [-0.25, -0.2) is 19.7 Å². The standard InChI is InChI=1S/C24H20ClN5OS/c1-2-22-26-15-13-21(30-22)20-4-3-14-27-23(20)32-19-11-9-18(10-12-19)29-24(31)28-17-7-5-16(25)6-8-17/h3-15H,2H2,1H3,(H2,28,29,31).